The molecule has 9 nitrogen and oxygen atoms in total. The number of benzene rings is 1. The van der Waals surface area contributed by atoms with Gasteiger partial charge in [0, 0.05) is 35.7 Å². The van der Waals surface area contributed by atoms with Crippen LogP contribution in [-0.4, -0.2) is 54.4 Å². The van der Waals surface area contributed by atoms with Gasteiger partial charge in [-0.15, -0.1) is 0 Å². The quantitative estimate of drug-likeness (QED) is 0.331. The number of amides is 1. The van der Waals surface area contributed by atoms with E-state index in [1.165, 1.54) is 6.33 Å². The number of nitrogens with two attached hydrogens (primary N) is 1. The Hall–Kier alpha value is -2.79. The van der Waals surface area contributed by atoms with Gasteiger partial charge < -0.3 is 25.4 Å². The summed E-state index contributed by atoms with van der Waals surface area (Å²) < 4.78 is 2.53. The van der Waals surface area contributed by atoms with Gasteiger partial charge in [0.2, 0.25) is 5.91 Å². The molecule has 4 aromatic rings. The van der Waals surface area contributed by atoms with Crippen LogP contribution in [-0.2, 0) is 4.79 Å². The van der Waals surface area contributed by atoms with Gasteiger partial charge in [-0.3, -0.25) is 4.79 Å². The second-order valence-electron chi connectivity index (χ2n) is 9.08. The Bertz CT molecular complexity index is 1480. The van der Waals surface area contributed by atoms with Crippen molar-refractivity contribution in [1.82, 2.24) is 19.5 Å². The van der Waals surface area contributed by atoms with Crippen molar-refractivity contribution in [1.29, 1.82) is 0 Å². The smallest absolute Gasteiger partial charge is 0.227 e. The maximum absolute atomic E-state index is 13.1. The van der Waals surface area contributed by atoms with Crippen LogP contribution >= 0.6 is 27.5 Å². The number of aromatic nitrogens is 4. The van der Waals surface area contributed by atoms with Gasteiger partial charge in [-0.05, 0) is 46.6 Å². The van der Waals surface area contributed by atoms with Crippen molar-refractivity contribution in [2.24, 2.45) is 5.41 Å². The van der Waals surface area contributed by atoms with Gasteiger partial charge >= 0.3 is 0 Å². The zero-order valence-corrected chi connectivity index (χ0v) is 20.1. The summed E-state index contributed by atoms with van der Waals surface area (Å²) in [7, 11) is 0. The molecule has 4 unspecified atom stereocenters. The average Bonchev–Trinajstić information content (AvgIpc) is 3.45. The molecule has 1 saturated carbocycles. The molecule has 11 heteroatoms. The van der Waals surface area contributed by atoms with Crippen LogP contribution in [0.15, 0.2) is 47.3 Å². The summed E-state index contributed by atoms with van der Waals surface area (Å²) in [6.07, 6.45) is 1.56. The number of fused-ring (bicyclic) bond motifs is 2. The molecule has 1 spiro atoms. The highest BCUT2D eigenvalue weighted by Crippen LogP contribution is 2.52. The number of rotatable bonds is 2. The van der Waals surface area contributed by atoms with Gasteiger partial charge in [-0.25, -0.2) is 15.0 Å². The van der Waals surface area contributed by atoms with Gasteiger partial charge in [-0.2, -0.15) is 0 Å². The summed E-state index contributed by atoms with van der Waals surface area (Å²) in [6, 6.07) is 8.79. The van der Waals surface area contributed by atoms with Crippen LogP contribution in [0.4, 0.5) is 11.5 Å². The number of carbonyl (C=O) groups is 1. The molecule has 34 heavy (non-hydrogen) atoms. The fraction of sp³-hybridized carbons (Fsp3) is 0.304. The Labute approximate surface area is 207 Å². The second kappa shape index (κ2) is 7.61. The molecule has 4 heterocycles. The van der Waals surface area contributed by atoms with Gasteiger partial charge in [-0.1, -0.05) is 17.7 Å². The molecule has 2 aliphatic rings. The van der Waals surface area contributed by atoms with Crippen molar-refractivity contribution in [2.45, 2.75) is 31.1 Å². The third-order valence-electron chi connectivity index (χ3n) is 7.15. The van der Waals surface area contributed by atoms with E-state index < -0.39 is 23.7 Å². The Morgan fingerprint density at radius 3 is 2.85 bits per heavy atom. The average molecular weight is 544 g/mol. The summed E-state index contributed by atoms with van der Waals surface area (Å²) >= 11 is 9.57. The number of pyridine rings is 1. The number of hydrogen-bond donors (Lipinski definition) is 3. The second-order valence-corrected chi connectivity index (χ2v) is 10.3. The van der Waals surface area contributed by atoms with Crippen molar-refractivity contribution in [3.05, 3.63) is 52.5 Å². The highest BCUT2D eigenvalue weighted by Gasteiger charge is 2.58. The fourth-order valence-electron chi connectivity index (χ4n) is 5.44. The number of nitrogen functional groups attached to an aromatic ring is 1. The van der Waals surface area contributed by atoms with Crippen molar-refractivity contribution in [2.75, 3.05) is 17.2 Å². The molecule has 1 aromatic carbocycles. The van der Waals surface area contributed by atoms with Crippen LogP contribution in [0, 0.1) is 5.41 Å². The first-order valence-electron chi connectivity index (χ1n) is 10.8. The van der Waals surface area contributed by atoms with E-state index >= 15 is 0 Å². The monoisotopic (exact) mass is 542 g/mol. The Morgan fingerprint density at radius 1 is 1.21 bits per heavy atom. The normalized spacial score (nSPS) is 27.0. The summed E-state index contributed by atoms with van der Waals surface area (Å²) in [5.41, 5.74) is 7.08. The number of carbonyl (C=O) groups excluding carboxylic acids is 1. The number of aliphatic hydroxyl groups excluding tert-OH is 2. The van der Waals surface area contributed by atoms with E-state index in [2.05, 4.69) is 30.9 Å². The molecule has 0 radical (unpaired) electrons. The maximum atomic E-state index is 13.1. The minimum atomic E-state index is -1.08. The molecule has 1 amide bonds. The van der Waals surface area contributed by atoms with Gasteiger partial charge in [0.25, 0.3) is 0 Å². The molecule has 4 N–H and O–H groups in total. The van der Waals surface area contributed by atoms with Crippen molar-refractivity contribution < 1.29 is 15.0 Å². The molecule has 1 aliphatic carbocycles. The summed E-state index contributed by atoms with van der Waals surface area (Å²) in [5, 5.41) is 24.0. The van der Waals surface area contributed by atoms with Crippen LogP contribution in [0.2, 0.25) is 5.15 Å². The maximum Gasteiger partial charge on any atom is 0.227 e. The van der Waals surface area contributed by atoms with E-state index in [9.17, 15) is 15.0 Å². The molecule has 1 aliphatic heterocycles. The zero-order chi connectivity index (χ0) is 23.8. The molecule has 1 saturated heterocycles. The number of aliphatic hydroxyl groups is 2. The number of halogens is 2. The summed E-state index contributed by atoms with van der Waals surface area (Å²) in [4.78, 5) is 27.5. The predicted molar refractivity (Wildman–Crippen MR) is 131 cm³/mol. The van der Waals surface area contributed by atoms with E-state index in [0.29, 0.717) is 44.1 Å². The Balaban J connectivity index is 1.34. The van der Waals surface area contributed by atoms with Crippen molar-refractivity contribution >= 4 is 66.9 Å². The Kier molecular flexibility index (Phi) is 4.86. The largest absolute Gasteiger partial charge is 0.390 e. The van der Waals surface area contributed by atoms with E-state index in [1.54, 1.807) is 17.2 Å². The molecular formula is C23H20BrClN6O3. The van der Waals surface area contributed by atoms with Crippen molar-refractivity contribution in [3.63, 3.8) is 0 Å². The first kappa shape index (κ1) is 21.7. The molecule has 0 bridgehead atoms. The number of hydrogen-bond acceptors (Lipinski definition) is 7. The lowest BCUT2D eigenvalue weighted by molar-refractivity contribution is -0.118. The third kappa shape index (κ3) is 3.13. The number of nitrogens with zero attached hydrogens (tertiary/aromatic N) is 5. The minimum Gasteiger partial charge on any atom is -0.390 e. The molecule has 6 rings (SSSR count). The van der Waals surface area contributed by atoms with Gasteiger partial charge in [0.1, 0.15) is 29.0 Å². The van der Waals surface area contributed by atoms with E-state index in [-0.39, 0.29) is 18.9 Å². The predicted octanol–water partition coefficient (Wildman–Crippen LogP) is 3.07. The molecular weight excluding hydrogens is 524 g/mol. The van der Waals surface area contributed by atoms with Gasteiger partial charge in [0.15, 0.2) is 0 Å². The van der Waals surface area contributed by atoms with Crippen LogP contribution in [0.1, 0.15) is 18.9 Å². The standard InChI is InChI=1S/C23H20BrClN6O3/c24-14-5-11-1-2-12(6-15(11)29-21(14)26)31-9-23(8-17(31)32)7-16(18(33)19(23)34)30-4-3-13-20(25)27-10-28-22(13)30/h1-6,10,16,18-19,33-34H,7-9H2,(H2,26,29). The highest BCUT2D eigenvalue weighted by atomic mass is 79.9. The van der Waals surface area contributed by atoms with Gasteiger partial charge in [0.05, 0.1) is 27.5 Å². The fourth-order valence-corrected chi connectivity index (χ4v) is 5.97. The van der Waals surface area contributed by atoms with Crippen molar-refractivity contribution in [3.8, 4) is 0 Å². The van der Waals surface area contributed by atoms with E-state index in [0.717, 1.165) is 5.39 Å². The lowest BCUT2D eigenvalue weighted by atomic mass is 9.82. The van der Waals surface area contributed by atoms with Crippen LogP contribution in [0.3, 0.4) is 0 Å². The summed E-state index contributed by atoms with van der Waals surface area (Å²) in [6.45, 7) is 0.285. The summed E-state index contributed by atoms with van der Waals surface area (Å²) in [5.74, 6) is 0.257. The SMILES string of the molecule is Nc1nc2cc(N3CC4(CC3=O)CC(n3ccc5c(Cl)ncnc53)C(O)C4O)ccc2cc1Br. The zero-order valence-electron chi connectivity index (χ0n) is 17.8. The number of anilines is 2. The van der Waals surface area contributed by atoms with Crippen LogP contribution in [0.25, 0.3) is 21.9 Å². The van der Waals surface area contributed by atoms with Crippen LogP contribution in [0.5, 0.6) is 0 Å². The lowest BCUT2D eigenvalue weighted by Gasteiger charge is -2.27. The third-order valence-corrected chi connectivity index (χ3v) is 8.09. The minimum absolute atomic E-state index is 0.112. The Morgan fingerprint density at radius 2 is 2.03 bits per heavy atom. The molecule has 3 aromatic heterocycles. The first-order chi connectivity index (χ1) is 16.3. The molecule has 174 valence electrons. The van der Waals surface area contributed by atoms with E-state index in [1.807, 2.05) is 28.8 Å². The topological polar surface area (TPSA) is 130 Å². The lowest BCUT2D eigenvalue weighted by Crippen LogP contribution is -2.38. The first-order valence-corrected chi connectivity index (χ1v) is 11.9. The van der Waals surface area contributed by atoms with E-state index in [4.69, 9.17) is 17.3 Å². The molecule has 4 atom stereocenters. The van der Waals surface area contributed by atoms with Crippen LogP contribution < -0.4 is 10.6 Å². The molecule has 2 fully saturated rings. The highest BCUT2D eigenvalue weighted by molar-refractivity contribution is 9.10.